The van der Waals surface area contributed by atoms with Crippen LogP contribution in [0.3, 0.4) is 0 Å². The van der Waals surface area contributed by atoms with Crippen LogP contribution in [-0.2, 0) is 4.43 Å². The van der Waals surface area contributed by atoms with E-state index in [-0.39, 0.29) is 17.1 Å². The highest BCUT2D eigenvalue weighted by Crippen LogP contribution is 2.41. The van der Waals surface area contributed by atoms with Crippen molar-refractivity contribution in [3.05, 3.63) is 61.2 Å². The summed E-state index contributed by atoms with van der Waals surface area (Å²) in [6.45, 7) is 18.6. The van der Waals surface area contributed by atoms with Crippen LogP contribution >= 0.6 is 0 Å². The summed E-state index contributed by atoms with van der Waals surface area (Å²) in [7, 11) is -2.01. The highest BCUT2D eigenvalue weighted by atomic mass is 28.4. The minimum absolute atomic E-state index is 0.0810. The molecule has 22 heavy (non-hydrogen) atoms. The summed E-state index contributed by atoms with van der Waals surface area (Å²) >= 11 is 0. The summed E-state index contributed by atoms with van der Waals surface area (Å²) in [5.74, 6) is -0.199. The molecule has 1 rings (SSSR count). The molecule has 2 nitrogen and oxygen atoms in total. The van der Waals surface area contributed by atoms with Gasteiger partial charge in [0.05, 0.1) is 12.2 Å². The maximum atomic E-state index is 10.8. The summed E-state index contributed by atoms with van der Waals surface area (Å²) in [6, 6.07) is 9.92. The van der Waals surface area contributed by atoms with Gasteiger partial charge < -0.3 is 9.53 Å². The third-order valence-corrected chi connectivity index (χ3v) is 9.06. The molecule has 122 valence electrons. The molecule has 1 aromatic rings. The van der Waals surface area contributed by atoms with Crippen LogP contribution < -0.4 is 0 Å². The lowest BCUT2D eigenvalue weighted by molar-refractivity contribution is 0.0113. The van der Waals surface area contributed by atoms with E-state index in [1.807, 2.05) is 30.3 Å². The van der Waals surface area contributed by atoms with E-state index in [9.17, 15) is 5.11 Å². The van der Waals surface area contributed by atoms with Gasteiger partial charge in [0.1, 0.15) is 0 Å². The fourth-order valence-electron chi connectivity index (χ4n) is 2.05. The zero-order chi connectivity index (χ0) is 17.0. The summed E-state index contributed by atoms with van der Waals surface area (Å²) in [5.41, 5.74) is 0.994. The number of hydrogen-bond acceptors (Lipinski definition) is 2. The lowest BCUT2D eigenvalue weighted by atomic mass is 9.94. The van der Waals surface area contributed by atoms with Gasteiger partial charge in [-0.1, -0.05) is 63.3 Å². The van der Waals surface area contributed by atoms with E-state index in [4.69, 9.17) is 4.43 Å². The molecule has 0 saturated carbocycles. The van der Waals surface area contributed by atoms with Crippen molar-refractivity contribution in [3.8, 4) is 0 Å². The van der Waals surface area contributed by atoms with Crippen molar-refractivity contribution in [2.45, 2.75) is 51.1 Å². The van der Waals surface area contributed by atoms with Crippen molar-refractivity contribution >= 4 is 8.32 Å². The van der Waals surface area contributed by atoms with Gasteiger partial charge in [-0.05, 0) is 23.7 Å². The second-order valence-corrected chi connectivity index (χ2v) is 12.0. The lowest BCUT2D eigenvalue weighted by Crippen LogP contribution is -2.44. The van der Waals surface area contributed by atoms with Crippen LogP contribution in [-0.4, -0.2) is 19.5 Å². The monoisotopic (exact) mass is 318 g/mol. The summed E-state index contributed by atoms with van der Waals surface area (Å²) in [4.78, 5) is 0. The Balaban J connectivity index is 3.18. The molecule has 0 radical (unpaired) electrons. The van der Waals surface area contributed by atoms with Crippen molar-refractivity contribution in [3.63, 3.8) is 0 Å². The van der Waals surface area contributed by atoms with E-state index in [2.05, 4.69) is 47.0 Å². The maximum absolute atomic E-state index is 10.8. The Morgan fingerprint density at radius 1 is 1.09 bits per heavy atom. The quantitative estimate of drug-likeness (QED) is 0.560. The Hall–Kier alpha value is -1.16. The molecule has 0 fully saturated rings. The molecule has 0 amide bonds. The van der Waals surface area contributed by atoms with Gasteiger partial charge in [-0.2, -0.15) is 0 Å². The molecule has 0 spiro atoms. The van der Waals surface area contributed by atoms with Crippen LogP contribution in [0.4, 0.5) is 0 Å². The molecule has 3 heteroatoms. The van der Waals surface area contributed by atoms with Crippen LogP contribution in [0.25, 0.3) is 0 Å². The maximum Gasteiger partial charge on any atom is 0.193 e. The third-order valence-electron chi connectivity index (χ3n) is 4.60. The average Bonchev–Trinajstić information content (AvgIpc) is 2.45. The number of benzene rings is 1. The first-order valence-electron chi connectivity index (χ1n) is 7.80. The van der Waals surface area contributed by atoms with E-state index in [0.29, 0.717) is 0 Å². The molecule has 0 aromatic heterocycles. The summed E-state index contributed by atoms with van der Waals surface area (Å²) in [5, 5.41) is 10.9. The number of rotatable bonds is 7. The Labute approximate surface area is 136 Å². The second kappa shape index (κ2) is 7.40. The van der Waals surface area contributed by atoms with Crippen LogP contribution in [0.2, 0.25) is 18.1 Å². The minimum atomic E-state index is -2.01. The first kappa shape index (κ1) is 18.9. The largest absolute Gasteiger partial charge is 0.407 e. The van der Waals surface area contributed by atoms with Crippen molar-refractivity contribution < 1.29 is 9.53 Å². The SMILES string of the molecule is C=CC(C=C)[C@@H](O)[C@H](O[Si](C)(C)C(C)(C)C)c1ccccc1. The fraction of sp³-hybridized carbons (Fsp3) is 0.474. The highest BCUT2D eigenvalue weighted by molar-refractivity contribution is 6.74. The zero-order valence-electron chi connectivity index (χ0n) is 14.5. The molecule has 0 aliphatic carbocycles. The summed E-state index contributed by atoms with van der Waals surface area (Å²) < 4.78 is 6.53. The van der Waals surface area contributed by atoms with Gasteiger partial charge in [0.2, 0.25) is 0 Å². The van der Waals surface area contributed by atoms with Crippen LogP contribution in [0, 0.1) is 5.92 Å². The van der Waals surface area contributed by atoms with Gasteiger partial charge in [-0.15, -0.1) is 13.2 Å². The van der Waals surface area contributed by atoms with Crippen LogP contribution in [0.1, 0.15) is 32.4 Å². The smallest absolute Gasteiger partial charge is 0.193 e. The van der Waals surface area contributed by atoms with Crippen molar-refractivity contribution in [2.24, 2.45) is 5.92 Å². The lowest BCUT2D eigenvalue weighted by Gasteiger charge is -2.41. The fourth-order valence-corrected chi connectivity index (χ4v) is 3.31. The van der Waals surface area contributed by atoms with E-state index in [1.54, 1.807) is 12.2 Å². The number of aliphatic hydroxyl groups is 1. The molecule has 1 N–H and O–H groups in total. The molecule has 0 bridgehead atoms. The predicted molar refractivity (Wildman–Crippen MR) is 97.4 cm³/mol. The molecule has 2 atom stereocenters. The molecular weight excluding hydrogens is 288 g/mol. The van der Waals surface area contributed by atoms with Gasteiger partial charge in [-0.25, -0.2) is 0 Å². The van der Waals surface area contributed by atoms with E-state index in [1.165, 1.54) is 0 Å². The van der Waals surface area contributed by atoms with E-state index in [0.717, 1.165) is 5.56 Å². The first-order valence-corrected chi connectivity index (χ1v) is 10.7. The second-order valence-electron chi connectivity index (χ2n) is 7.25. The molecule has 0 heterocycles. The Morgan fingerprint density at radius 2 is 1.59 bits per heavy atom. The first-order chi connectivity index (χ1) is 10.1. The molecule has 1 aromatic carbocycles. The highest BCUT2D eigenvalue weighted by Gasteiger charge is 2.41. The number of aliphatic hydroxyl groups excluding tert-OH is 1. The normalized spacial score (nSPS) is 15.4. The predicted octanol–water partition coefficient (Wildman–Crippen LogP) is 5.10. The third kappa shape index (κ3) is 4.42. The van der Waals surface area contributed by atoms with Crippen LogP contribution in [0.5, 0.6) is 0 Å². The molecule has 0 aliphatic heterocycles. The van der Waals surface area contributed by atoms with Crippen LogP contribution in [0.15, 0.2) is 55.6 Å². The number of hydrogen-bond donors (Lipinski definition) is 1. The average molecular weight is 319 g/mol. The van der Waals surface area contributed by atoms with Crippen molar-refractivity contribution in [1.29, 1.82) is 0 Å². The summed E-state index contributed by atoms with van der Waals surface area (Å²) in [6.07, 6.45) is 2.39. The molecular formula is C19H30O2Si. The van der Waals surface area contributed by atoms with E-state index < -0.39 is 14.4 Å². The minimum Gasteiger partial charge on any atom is -0.407 e. The van der Waals surface area contributed by atoms with Gasteiger partial charge in [-0.3, -0.25) is 0 Å². The standard InChI is InChI=1S/C19H30O2Si/c1-8-15(9-2)17(20)18(16-13-11-10-12-14-16)21-22(6,7)19(3,4)5/h8-15,17-18,20H,1-2H2,3-7H3/t17-,18-/m1/s1. The van der Waals surface area contributed by atoms with Gasteiger partial charge in [0, 0.05) is 5.92 Å². The Kier molecular flexibility index (Phi) is 6.35. The van der Waals surface area contributed by atoms with Crippen molar-refractivity contribution in [1.82, 2.24) is 0 Å². The molecule has 0 unspecified atom stereocenters. The van der Waals surface area contributed by atoms with Gasteiger partial charge in [0.25, 0.3) is 0 Å². The Morgan fingerprint density at radius 3 is 2.00 bits per heavy atom. The topological polar surface area (TPSA) is 29.5 Å². The molecule has 0 saturated heterocycles. The van der Waals surface area contributed by atoms with Gasteiger partial charge in [0.15, 0.2) is 8.32 Å². The zero-order valence-corrected chi connectivity index (χ0v) is 15.5. The van der Waals surface area contributed by atoms with Crippen molar-refractivity contribution in [2.75, 3.05) is 0 Å². The Bertz CT molecular complexity index is 480. The molecule has 0 aliphatic rings. The van der Waals surface area contributed by atoms with Gasteiger partial charge >= 0.3 is 0 Å². The van der Waals surface area contributed by atoms with E-state index >= 15 is 0 Å².